The normalized spacial score (nSPS) is 26.9. The third-order valence-corrected chi connectivity index (χ3v) is 6.29. The van der Waals surface area contributed by atoms with Gasteiger partial charge in [0.15, 0.2) is 0 Å². The van der Waals surface area contributed by atoms with Crippen molar-refractivity contribution in [3.63, 3.8) is 0 Å². The summed E-state index contributed by atoms with van der Waals surface area (Å²) in [7, 11) is 0. The minimum Gasteiger partial charge on any atom is -0.474 e. The van der Waals surface area contributed by atoms with Crippen LogP contribution in [0.1, 0.15) is 42.1 Å². The molecule has 4 nitrogen and oxygen atoms in total. The lowest BCUT2D eigenvalue weighted by atomic mass is 10.00. The molecule has 0 radical (unpaired) electrons. The van der Waals surface area contributed by atoms with Gasteiger partial charge in [-0.25, -0.2) is 4.98 Å². The molecule has 3 atom stereocenters. The summed E-state index contributed by atoms with van der Waals surface area (Å²) in [6, 6.07) is 11.2. The second-order valence-corrected chi connectivity index (χ2v) is 8.17. The molecule has 0 bridgehead atoms. The molecular weight excluding hydrogens is 360 g/mol. The number of halogens is 1. The van der Waals surface area contributed by atoms with Crippen LogP contribution in [0.3, 0.4) is 0 Å². The average Bonchev–Trinajstić information content (AvgIpc) is 3.16. The Kier molecular flexibility index (Phi) is 5.09. The predicted molar refractivity (Wildman–Crippen MR) is 106 cm³/mol. The lowest BCUT2D eigenvalue weighted by Gasteiger charge is -2.22. The van der Waals surface area contributed by atoms with E-state index < -0.39 is 0 Å². The lowest BCUT2D eigenvalue weighted by Crippen LogP contribution is -2.37. The topological polar surface area (TPSA) is 51.2 Å². The number of pyridine rings is 1. The minimum absolute atomic E-state index is 0.0135. The van der Waals surface area contributed by atoms with Crippen molar-refractivity contribution in [2.24, 2.45) is 17.8 Å². The summed E-state index contributed by atoms with van der Waals surface area (Å²) in [5, 5.41) is 3.87. The van der Waals surface area contributed by atoms with Crippen molar-refractivity contribution >= 4 is 17.5 Å². The third kappa shape index (κ3) is 3.81. The SMILES string of the molecule is CCC(NC(=O)c1ccc(Cl)cc1)C1C2CC(Oc3ncccc3C)CC21. The molecule has 1 aromatic carbocycles. The maximum Gasteiger partial charge on any atom is 0.251 e. The fourth-order valence-electron chi connectivity index (χ4n) is 4.61. The number of aromatic nitrogens is 1. The first kappa shape index (κ1) is 18.3. The maximum absolute atomic E-state index is 12.5. The van der Waals surface area contributed by atoms with Crippen molar-refractivity contribution in [2.75, 3.05) is 0 Å². The standard InChI is InChI=1S/C22H25ClN2O2/c1-3-19(25-21(26)14-6-8-15(23)9-7-14)20-17-11-16(12-18(17)20)27-22-13(2)5-4-10-24-22/h4-10,16-20H,3,11-12H2,1-2H3,(H,25,26). The van der Waals surface area contributed by atoms with Gasteiger partial charge in [-0.1, -0.05) is 24.6 Å². The molecule has 2 fully saturated rings. The van der Waals surface area contributed by atoms with Crippen molar-refractivity contribution in [3.05, 3.63) is 58.7 Å². The van der Waals surface area contributed by atoms with Gasteiger partial charge in [-0.15, -0.1) is 0 Å². The van der Waals surface area contributed by atoms with Gasteiger partial charge in [-0.05, 0) is 74.3 Å². The van der Waals surface area contributed by atoms with Crippen LogP contribution in [-0.4, -0.2) is 23.0 Å². The van der Waals surface area contributed by atoms with E-state index in [4.69, 9.17) is 16.3 Å². The second-order valence-electron chi connectivity index (χ2n) is 7.74. The summed E-state index contributed by atoms with van der Waals surface area (Å²) in [6.07, 6.45) is 5.08. The van der Waals surface area contributed by atoms with Crippen molar-refractivity contribution in [1.29, 1.82) is 0 Å². The monoisotopic (exact) mass is 384 g/mol. The number of aryl methyl sites for hydroxylation is 1. The highest BCUT2D eigenvalue weighted by molar-refractivity contribution is 6.30. The van der Waals surface area contributed by atoms with E-state index in [9.17, 15) is 4.79 Å². The van der Waals surface area contributed by atoms with Crippen molar-refractivity contribution < 1.29 is 9.53 Å². The summed E-state index contributed by atoms with van der Waals surface area (Å²) < 4.78 is 6.12. The average molecular weight is 385 g/mol. The van der Waals surface area contributed by atoms with Gasteiger partial charge in [0.2, 0.25) is 5.88 Å². The molecule has 0 aliphatic heterocycles. The highest BCUT2D eigenvalue weighted by atomic mass is 35.5. The summed E-state index contributed by atoms with van der Waals surface area (Å²) in [6.45, 7) is 4.17. The molecule has 142 valence electrons. The van der Waals surface area contributed by atoms with Crippen molar-refractivity contribution in [2.45, 2.75) is 45.3 Å². The lowest BCUT2D eigenvalue weighted by molar-refractivity contribution is 0.0924. The Hall–Kier alpha value is -2.07. The number of ether oxygens (including phenoxy) is 1. The van der Waals surface area contributed by atoms with E-state index >= 15 is 0 Å². The zero-order valence-electron chi connectivity index (χ0n) is 15.7. The van der Waals surface area contributed by atoms with E-state index in [1.165, 1.54) is 0 Å². The molecule has 2 aliphatic rings. The van der Waals surface area contributed by atoms with E-state index in [-0.39, 0.29) is 18.1 Å². The molecule has 2 saturated carbocycles. The number of hydrogen-bond acceptors (Lipinski definition) is 3. The quantitative estimate of drug-likeness (QED) is 0.788. The molecule has 0 saturated heterocycles. The summed E-state index contributed by atoms with van der Waals surface area (Å²) in [4.78, 5) is 16.9. The molecule has 1 heterocycles. The first-order chi connectivity index (χ1) is 13.1. The van der Waals surface area contributed by atoms with E-state index in [1.807, 2.05) is 19.1 Å². The number of amides is 1. The van der Waals surface area contributed by atoms with Crippen LogP contribution in [-0.2, 0) is 0 Å². The number of benzene rings is 1. The molecule has 2 aliphatic carbocycles. The number of carbonyl (C=O) groups excluding carboxylic acids is 1. The molecular formula is C22H25ClN2O2. The Labute approximate surface area is 165 Å². The van der Waals surface area contributed by atoms with Crippen LogP contribution < -0.4 is 10.1 Å². The van der Waals surface area contributed by atoms with E-state index in [1.54, 1.807) is 30.5 Å². The third-order valence-electron chi connectivity index (χ3n) is 6.04. The smallest absolute Gasteiger partial charge is 0.251 e. The first-order valence-electron chi connectivity index (χ1n) is 9.71. The van der Waals surface area contributed by atoms with Crippen LogP contribution in [0.4, 0.5) is 0 Å². The summed E-state index contributed by atoms with van der Waals surface area (Å²) in [5.41, 5.74) is 1.74. The Morgan fingerprint density at radius 3 is 2.59 bits per heavy atom. The van der Waals surface area contributed by atoms with Crippen LogP contribution in [0, 0.1) is 24.7 Å². The number of hydrogen-bond donors (Lipinski definition) is 1. The van der Waals surface area contributed by atoms with Crippen molar-refractivity contribution in [3.8, 4) is 5.88 Å². The molecule has 1 amide bonds. The Morgan fingerprint density at radius 2 is 1.96 bits per heavy atom. The number of nitrogens with one attached hydrogen (secondary N) is 1. The fraction of sp³-hybridized carbons (Fsp3) is 0.455. The van der Waals surface area contributed by atoms with Gasteiger partial charge in [0.05, 0.1) is 0 Å². The zero-order valence-corrected chi connectivity index (χ0v) is 16.4. The number of rotatable bonds is 6. The van der Waals surface area contributed by atoms with Crippen molar-refractivity contribution in [1.82, 2.24) is 10.3 Å². The van der Waals surface area contributed by atoms with Gasteiger partial charge in [0.25, 0.3) is 5.91 Å². The Bertz CT molecular complexity index is 811. The molecule has 2 aromatic rings. The number of carbonyl (C=O) groups is 1. The summed E-state index contributed by atoms with van der Waals surface area (Å²) in [5.74, 6) is 2.60. The Balaban J connectivity index is 1.32. The first-order valence-corrected chi connectivity index (χ1v) is 10.1. The van der Waals surface area contributed by atoms with Gasteiger partial charge in [0, 0.05) is 28.4 Å². The van der Waals surface area contributed by atoms with Gasteiger partial charge >= 0.3 is 0 Å². The van der Waals surface area contributed by atoms with Crippen LogP contribution in [0.15, 0.2) is 42.6 Å². The van der Waals surface area contributed by atoms with E-state index in [0.717, 1.165) is 30.7 Å². The van der Waals surface area contributed by atoms with Crippen LogP contribution in [0.2, 0.25) is 5.02 Å². The number of fused-ring (bicyclic) bond motifs is 1. The molecule has 27 heavy (non-hydrogen) atoms. The van der Waals surface area contributed by atoms with E-state index in [2.05, 4.69) is 17.2 Å². The summed E-state index contributed by atoms with van der Waals surface area (Å²) >= 11 is 5.91. The predicted octanol–water partition coefficient (Wildman–Crippen LogP) is 4.66. The Morgan fingerprint density at radius 1 is 1.26 bits per heavy atom. The van der Waals surface area contributed by atoms with E-state index in [0.29, 0.717) is 28.3 Å². The minimum atomic E-state index is -0.0135. The zero-order chi connectivity index (χ0) is 19.0. The van der Waals surface area contributed by atoms with Crippen LogP contribution in [0.25, 0.3) is 0 Å². The molecule has 3 unspecified atom stereocenters. The molecule has 0 spiro atoms. The molecule has 1 N–H and O–H groups in total. The largest absolute Gasteiger partial charge is 0.474 e. The van der Waals surface area contributed by atoms with Crippen LogP contribution >= 0.6 is 11.6 Å². The fourth-order valence-corrected chi connectivity index (χ4v) is 4.74. The second kappa shape index (κ2) is 7.51. The molecule has 4 rings (SSSR count). The highest BCUT2D eigenvalue weighted by Gasteiger charge is 2.59. The highest BCUT2D eigenvalue weighted by Crippen LogP contribution is 2.60. The van der Waals surface area contributed by atoms with Crippen LogP contribution in [0.5, 0.6) is 5.88 Å². The molecule has 1 aromatic heterocycles. The van der Waals surface area contributed by atoms with Gasteiger partial charge in [-0.2, -0.15) is 0 Å². The van der Waals surface area contributed by atoms with Gasteiger partial charge < -0.3 is 10.1 Å². The van der Waals surface area contributed by atoms with Gasteiger partial charge in [0.1, 0.15) is 6.10 Å². The van der Waals surface area contributed by atoms with Gasteiger partial charge in [-0.3, -0.25) is 4.79 Å². The molecule has 5 heteroatoms. The maximum atomic E-state index is 12.5. The number of nitrogens with zero attached hydrogens (tertiary/aromatic N) is 1.